The van der Waals surface area contributed by atoms with E-state index in [1.165, 1.54) is 0 Å². The van der Waals surface area contributed by atoms with Crippen LogP contribution in [-0.4, -0.2) is 40.7 Å². The smallest absolute Gasteiger partial charge is 0.253 e. The number of alkyl halides is 2. The van der Waals surface area contributed by atoms with E-state index >= 15 is 0 Å². The number of hydrogen-bond acceptors (Lipinski definition) is 3. The molecule has 152 valence electrons. The Hall–Kier alpha value is -1.31. The summed E-state index contributed by atoms with van der Waals surface area (Å²) < 4.78 is 34.1. The van der Waals surface area contributed by atoms with Gasteiger partial charge in [0.25, 0.3) is 5.91 Å². The van der Waals surface area contributed by atoms with Crippen molar-refractivity contribution in [2.75, 3.05) is 19.8 Å². The molecule has 1 aliphatic carbocycles. The van der Waals surface area contributed by atoms with Crippen molar-refractivity contribution in [3.8, 4) is 0 Å². The monoisotopic (exact) mass is 428 g/mol. The molecule has 8 heteroatoms. The minimum absolute atomic E-state index is 0.0915. The number of pyridine rings is 1. The molecule has 2 aliphatic rings. The molecule has 2 aromatic rings. The second kappa shape index (κ2) is 7.50. The molecule has 4 rings (SSSR count). The van der Waals surface area contributed by atoms with Gasteiger partial charge in [0.15, 0.2) is 0 Å². The average molecular weight is 429 g/mol. The number of ether oxygens (including phenoxy) is 1. The maximum absolute atomic E-state index is 13.8. The summed E-state index contributed by atoms with van der Waals surface area (Å²) in [5.41, 5.74) is 2.06. The Balaban J connectivity index is 1.59. The number of carbonyl (C=O) groups is 1. The minimum atomic E-state index is -2.73. The molecule has 0 spiro atoms. The number of nitrogens with zero attached hydrogens (tertiary/aromatic N) is 1. The van der Waals surface area contributed by atoms with Gasteiger partial charge in [0.2, 0.25) is 5.92 Å². The molecule has 1 saturated carbocycles. The molecule has 3 heterocycles. The lowest BCUT2D eigenvalue weighted by Gasteiger charge is -2.37. The van der Waals surface area contributed by atoms with Crippen LogP contribution >= 0.6 is 24.2 Å². The highest BCUT2D eigenvalue weighted by molar-refractivity contribution is 7.81. The molecular weight excluding hydrogens is 406 g/mol. The number of carbonyl (C=O) groups excluding carboxylic acids is 1. The third-order valence-corrected chi connectivity index (χ3v) is 6.56. The molecule has 2 unspecified atom stereocenters. The zero-order valence-electron chi connectivity index (χ0n) is 15.4. The number of thiol groups is 1. The second-order valence-corrected chi connectivity index (χ2v) is 9.27. The van der Waals surface area contributed by atoms with Gasteiger partial charge in [-0.15, -0.1) is 0 Å². The summed E-state index contributed by atoms with van der Waals surface area (Å²) in [6.45, 7) is 1.39. The number of fused-ring (bicyclic) bond motifs is 1. The molecule has 2 fully saturated rings. The Bertz CT molecular complexity index is 898. The number of hydrogen-bond donors (Lipinski definition) is 2. The lowest BCUT2D eigenvalue weighted by molar-refractivity contribution is -0.0445. The summed E-state index contributed by atoms with van der Waals surface area (Å²) in [5, 5.41) is 3.29. The summed E-state index contributed by atoms with van der Waals surface area (Å²) in [6, 6.07) is 5.42. The van der Waals surface area contributed by atoms with E-state index < -0.39 is 10.7 Å². The van der Waals surface area contributed by atoms with Crippen molar-refractivity contribution < 1.29 is 18.3 Å². The molecule has 1 saturated heterocycles. The van der Waals surface area contributed by atoms with Crippen molar-refractivity contribution in [3.63, 3.8) is 0 Å². The highest BCUT2D eigenvalue weighted by Crippen LogP contribution is 2.42. The Morgan fingerprint density at radius 2 is 2.25 bits per heavy atom. The van der Waals surface area contributed by atoms with Crippen molar-refractivity contribution in [1.29, 1.82) is 0 Å². The molecule has 0 radical (unpaired) electrons. The van der Waals surface area contributed by atoms with E-state index in [1.807, 2.05) is 22.7 Å². The molecular formula is C20H23ClF2N2O2S. The summed E-state index contributed by atoms with van der Waals surface area (Å²) in [4.78, 5) is 12.9. The lowest BCUT2D eigenvalue weighted by Crippen LogP contribution is -2.45. The molecule has 2 aromatic heterocycles. The number of amides is 1. The third-order valence-electron chi connectivity index (χ3n) is 5.71. The first kappa shape index (κ1) is 20.0. The van der Waals surface area contributed by atoms with Crippen LogP contribution in [0, 0.1) is 0 Å². The van der Waals surface area contributed by atoms with E-state index in [-0.39, 0.29) is 31.2 Å². The van der Waals surface area contributed by atoms with Crippen molar-refractivity contribution in [2.45, 2.75) is 48.7 Å². The van der Waals surface area contributed by atoms with Gasteiger partial charge in [0, 0.05) is 48.5 Å². The van der Waals surface area contributed by atoms with Gasteiger partial charge in [0.1, 0.15) is 0 Å². The van der Waals surface area contributed by atoms with Crippen LogP contribution in [0.4, 0.5) is 8.78 Å². The predicted molar refractivity (Wildman–Crippen MR) is 108 cm³/mol. The zero-order chi connectivity index (χ0) is 19.9. The summed E-state index contributed by atoms with van der Waals surface area (Å²) in [6.07, 6.45) is 3.27. The van der Waals surface area contributed by atoms with Crippen molar-refractivity contribution in [2.24, 2.45) is 0 Å². The van der Waals surface area contributed by atoms with Crippen LogP contribution in [0.25, 0.3) is 5.52 Å². The highest BCUT2D eigenvalue weighted by atomic mass is 35.5. The molecule has 28 heavy (non-hydrogen) atoms. The summed E-state index contributed by atoms with van der Waals surface area (Å²) in [5.74, 6) is -2.86. The standard InChI is InChI=1S/C20H23ClF2N2O2S/c21-15-3-1-7-25-16(13-4-8-27-10-13)9-14(17(15)25)18(26)24-12-19(28)5-2-6-20(22,23)11-19/h1,3,7,9,13,28H,2,4-6,8,10-12H2,(H,24,26). The van der Waals surface area contributed by atoms with Gasteiger partial charge >= 0.3 is 0 Å². The van der Waals surface area contributed by atoms with Crippen molar-refractivity contribution >= 4 is 35.7 Å². The fourth-order valence-corrected chi connectivity index (χ4v) is 5.06. The molecule has 0 bridgehead atoms. The number of rotatable bonds is 4. The molecule has 1 N–H and O–H groups in total. The first-order valence-corrected chi connectivity index (χ1v) is 10.4. The quantitative estimate of drug-likeness (QED) is 0.693. The van der Waals surface area contributed by atoms with Crippen LogP contribution in [0.3, 0.4) is 0 Å². The van der Waals surface area contributed by atoms with Crippen LogP contribution in [-0.2, 0) is 4.74 Å². The molecule has 4 nitrogen and oxygen atoms in total. The number of nitrogens with one attached hydrogen (secondary N) is 1. The molecule has 1 aliphatic heterocycles. The normalized spacial score (nSPS) is 27.2. The first-order valence-electron chi connectivity index (χ1n) is 9.54. The molecule has 0 aromatic carbocycles. The van der Waals surface area contributed by atoms with E-state index in [0.717, 1.165) is 12.1 Å². The van der Waals surface area contributed by atoms with Crippen molar-refractivity contribution in [1.82, 2.24) is 9.72 Å². The highest BCUT2D eigenvalue weighted by Gasteiger charge is 2.44. The van der Waals surface area contributed by atoms with Gasteiger partial charge < -0.3 is 14.5 Å². The molecule has 1 amide bonds. The van der Waals surface area contributed by atoms with Crippen LogP contribution in [0.5, 0.6) is 0 Å². The van der Waals surface area contributed by atoms with Crippen molar-refractivity contribution in [3.05, 3.63) is 40.7 Å². The summed E-state index contributed by atoms with van der Waals surface area (Å²) in [7, 11) is 0. The Morgan fingerprint density at radius 1 is 1.43 bits per heavy atom. The van der Waals surface area contributed by atoms with Gasteiger partial charge in [-0.1, -0.05) is 11.6 Å². The largest absolute Gasteiger partial charge is 0.381 e. The Labute approximate surface area is 173 Å². The second-order valence-electron chi connectivity index (χ2n) is 7.91. The van der Waals surface area contributed by atoms with Gasteiger partial charge in [-0.3, -0.25) is 4.79 Å². The SMILES string of the molecule is O=C(NCC1(S)CCCC(F)(F)C1)c1cc(C2CCOC2)n2cccc(Cl)c12. The molecule has 2 atom stereocenters. The average Bonchev–Trinajstić information content (AvgIpc) is 3.26. The van der Waals surface area contributed by atoms with Gasteiger partial charge in [-0.05, 0) is 37.5 Å². The lowest BCUT2D eigenvalue weighted by atomic mass is 9.85. The van der Waals surface area contributed by atoms with Gasteiger partial charge in [-0.2, -0.15) is 12.6 Å². The third kappa shape index (κ3) is 3.89. The van der Waals surface area contributed by atoms with E-state index in [1.54, 1.807) is 6.07 Å². The van der Waals surface area contributed by atoms with E-state index in [9.17, 15) is 13.6 Å². The summed E-state index contributed by atoms with van der Waals surface area (Å²) >= 11 is 10.9. The van der Waals surface area contributed by atoms with Gasteiger partial charge in [-0.25, -0.2) is 8.78 Å². The first-order chi connectivity index (χ1) is 13.3. The zero-order valence-corrected chi connectivity index (χ0v) is 17.0. The predicted octanol–water partition coefficient (Wildman–Crippen LogP) is 4.70. The maximum Gasteiger partial charge on any atom is 0.253 e. The fraction of sp³-hybridized carbons (Fsp3) is 0.550. The Kier molecular flexibility index (Phi) is 5.35. The number of aromatic nitrogens is 1. The van der Waals surface area contributed by atoms with Crippen LogP contribution in [0.2, 0.25) is 5.02 Å². The van der Waals surface area contributed by atoms with Gasteiger partial charge in [0.05, 0.1) is 22.7 Å². The minimum Gasteiger partial charge on any atom is -0.381 e. The van der Waals surface area contributed by atoms with Crippen LogP contribution in [0.1, 0.15) is 54.1 Å². The van der Waals surface area contributed by atoms with E-state index in [4.69, 9.17) is 16.3 Å². The maximum atomic E-state index is 13.8. The fourth-order valence-electron chi connectivity index (χ4n) is 4.32. The van der Waals surface area contributed by atoms with Crippen LogP contribution in [0.15, 0.2) is 24.4 Å². The van der Waals surface area contributed by atoms with Crippen LogP contribution < -0.4 is 5.32 Å². The number of halogens is 3. The van der Waals surface area contributed by atoms with E-state index in [2.05, 4.69) is 17.9 Å². The topological polar surface area (TPSA) is 42.7 Å². The van der Waals surface area contributed by atoms with E-state index in [0.29, 0.717) is 42.2 Å². The Morgan fingerprint density at radius 3 is 2.96 bits per heavy atom.